The molecule has 2 amide bonds. The summed E-state index contributed by atoms with van der Waals surface area (Å²) in [5.41, 5.74) is 1.88. The first kappa shape index (κ1) is 21.4. The molecule has 1 aromatic carbocycles. The Kier molecular flexibility index (Phi) is 5.55. The van der Waals surface area contributed by atoms with Crippen LogP contribution in [0.2, 0.25) is 0 Å². The molecule has 4 rings (SSSR count). The van der Waals surface area contributed by atoms with E-state index in [1.807, 2.05) is 20.9 Å². The highest BCUT2D eigenvalue weighted by Crippen LogP contribution is 2.37. The van der Waals surface area contributed by atoms with Crippen LogP contribution < -0.4 is 5.32 Å². The highest BCUT2D eigenvalue weighted by Gasteiger charge is 2.42. The maximum absolute atomic E-state index is 13.5. The van der Waals surface area contributed by atoms with Crippen molar-refractivity contribution in [2.45, 2.75) is 51.4 Å². The standard InChI is InChI=1S/C22H26F2N4O3/c1-13(2)25-20(29)19-15-12-31-22(11-18(15)27(3)26-19)6-8-28(9-7-22)21(30)14-4-5-16(23)17(24)10-14/h4-5,10,13H,6-9,11-12H2,1-3H3,(H,25,29). The smallest absolute Gasteiger partial charge is 0.272 e. The van der Waals surface area contributed by atoms with Gasteiger partial charge in [-0.1, -0.05) is 0 Å². The molecule has 0 saturated carbocycles. The van der Waals surface area contributed by atoms with Gasteiger partial charge >= 0.3 is 0 Å². The molecule has 1 spiro atoms. The van der Waals surface area contributed by atoms with Crippen LogP contribution in [0.15, 0.2) is 18.2 Å². The molecule has 3 heterocycles. The fourth-order valence-corrected chi connectivity index (χ4v) is 4.32. The highest BCUT2D eigenvalue weighted by molar-refractivity contribution is 5.94. The van der Waals surface area contributed by atoms with Crippen LogP contribution in [0, 0.1) is 11.6 Å². The van der Waals surface area contributed by atoms with E-state index in [1.54, 1.807) is 9.58 Å². The summed E-state index contributed by atoms with van der Waals surface area (Å²) in [4.78, 5) is 26.8. The summed E-state index contributed by atoms with van der Waals surface area (Å²) in [6, 6.07) is 3.21. The predicted molar refractivity (Wildman–Crippen MR) is 109 cm³/mol. The summed E-state index contributed by atoms with van der Waals surface area (Å²) in [5, 5.41) is 7.29. The lowest BCUT2D eigenvalue weighted by Crippen LogP contribution is -2.50. The largest absolute Gasteiger partial charge is 0.370 e. The number of amides is 2. The van der Waals surface area contributed by atoms with Gasteiger partial charge in [-0.25, -0.2) is 8.78 Å². The number of benzene rings is 1. The summed E-state index contributed by atoms with van der Waals surface area (Å²) in [7, 11) is 1.83. The summed E-state index contributed by atoms with van der Waals surface area (Å²) in [6.45, 7) is 4.99. The van der Waals surface area contributed by atoms with Crippen molar-refractivity contribution in [2.24, 2.45) is 7.05 Å². The summed E-state index contributed by atoms with van der Waals surface area (Å²) in [5.74, 6) is -2.54. The number of carbonyl (C=O) groups excluding carboxylic acids is 2. The molecule has 2 aliphatic heterocycles. The Bertz CT molecular complexity index is 1030. The first-order chi connectivity index (χ1) is 14.7. The van der Waals surface area contributed by atoms with Crippen LogP contribution in [-0.2, 0) is 24.8 Å². The number of piperidine rings is 1. The Morgan fingerprint density at radius 1 is 1.19 bits per heavy atom. The summed E-state index contributed by atoms with van der Waals surface area (Å²) < 4.78 is 34.6. The fraction of sp³-hybridized carbons (Fsp3) is 0.500. The topological polar surface area (TPSA) is 76.5 Å². The lowest BCUT2D eigenvalue weighted by molar-refractivity contribution is -0.0990. The molecular weight excluding hydrogens is 406 g/mol. The van der Waals surface area contributed by atoms with Gasteiger partial charge in [0.15, 0.2) is 17.3 Å². The lowest BCUT2D eigenvalue weighted by atomic mass is 9.83. The molecule has 31 heavy (non-hydrogen) atoms. The number of halogens is 2. The van der Waals surface area contributed by atoms with Gasteiger partial charge < -0.3 is 15.0 Å². The molecule has 2 aromatic rings. The molecule has 0 unspecified atom stereocenters. The number of fused-ring (bicyclic) bond motifs is 1. The van der Waals surface area contributed by atoms with Crippen molar-refractivity contribution in [3.8, 4) is 0 Å². The van der Waals surface area contributed by atoms with Crippen LogP contribution in [0.1, 0.15) is 58.8 Å². The van der Waals surface area contributed by atoms with E-state index in [4.69, 9.17) is 4.74 Å². The Labute approximate surface area is 179 Å². The maximum atomic E-state index is 13.5. The van der Waals surface area contributed by atoms with Gasteiger partial charge in [-0.3, -0.25) is 14.3 Å². The van der Waals surface area contributed by atoms with Crippen molar-refractivity contribution in [3.05, 3.63) is 52.3 Å². The molecule has 1 N–H and O–H groups in total. The van der Waals surface area contributed by atoms with Crippen molar-refractivity contribution in [2.75, 3.05) is 13.1 Å². The van der Waals surface area contributed by atoms with E-state index >= 15 is 0 Å². The number of hydrogen-bond acceptors (Lipinski definition) is 4. The monoisotopic (exact) mass is 432 g/mol. The lowest BCUT2D eigenvalue weighted by Gasteiger charge is -2.43. The molecule has 0 aliphatic carbocycles. The first-order valence-corrected chi connectivity index (χ1v) is 10.4. The van der Waals surface area contributed by atoms with E-state index < -0.39 is 17.2 Å². The third kappa shape index (κ3) is 4.06. The fourth-order valence-electron chi connectivity index (χ4n) is 4.32. The molecule has 1 aromatic heterocycles. The average molecular weight is 432 g/mol. The van der Waals surface area contributed by atoms with Crippen LogP contribution in [0.25, 0.3) is 0 Å². The van der Waals surface area contributed by atoms with Crippen LogP contribution in [0.3, 0.4) is 0 Å². The van der Waals surface area contributed by atoms with Gasteiger partial charge in [0, 0.05) is 49.4 Å². The predicted octanol–water partition coefficient (Wildman–Crippen LogP) is 2.58. The van der Waals surface area contributed by atoms with Crippen molar-refractivity contribution in [1.29, 1.82) is 0 Å². The number of aromatic nitrogens is 2. The minimum atomic E-state index is -1.03. The minimum Gasteiger partial charge on any atom is -0.370 e. The van der Waals surface area contributed by atoms with E-state index in [-0.39, 0.29) is 23.4 Å². The number of aryl methyl sites for hydroxylation is 1. The Hall–Kier alpha value is -2.81. The van der Waals surface area contributed by atoms with Crippen molar-refractivity contribution in [1.82, 2.24) is 20.0 Å². The minimum absolute atomic E-state index is 0.0115. The normalized spacial score (nSPS) is 17.7. The maximum Gasteiger partial charge on any atom is 0.272 e. The molecule has 166 valence electrons. The van der Waals surface area contributed by atoms with Crippen LogP contribution in [0.5, 0.6) is 0 Å². The van der Waals surface area contributed by atoms with Crippen LogP contribution >= 0.6 is 0 Å². The number of nitrogens with one attached hydrogen (secondary N) is 1. The number of likely N-dealkylation sites (tertiary alicyclic amines) is 1. The van der Waals surface area contributed by atoms with Crippen molar-refractivity contribution in [3.63, 3.8) is 0 Å². The Balaban J connectivity index is 1.46. The van der Waals surface area contributed by atoms with E-state index in [0.29, 0.717) is 44.7 Å². The van der Waals surface area contributed by atoms with Gasteiger partial charge in [0.1, 0.15) is 0 Å². The second kappa shape index (κ2) is 8.03. The number of ether oxygens (including phenoxy) is 1. The van der Waals surface area contributed by atoms with Crippen molar-refractivity contribution < 1.29 is 23.1 Å². The third-order valence-corrected chi connectivity index (χ3v) is 6.05. The van der Waals surface area contributed by atoms with Crippen LogP contribution in [-0.4, -0.2) is 51.2 Å². The van der Waals surface area contributed by atoms with Crippen molar-refractivity contribution >= 4 is 11.8 Å². The number of nitrogens with zero attached hydrogens (tertiary/aromatic N) is 3. The van der Waals surface area contributed by atoms with E-state index in [0.717, 1.165) is 23.4 Å². The zero-order valence-corrected chi connectivity index (χ0v) is 17.9. The molecule has 1 fully saturated rings. The molecule has 0 atom stereocenters. The SMILES string of the molecule is CC(C)NC(=O)c1nn(C)c2c1COC1(CCN(C(=O)c3ccc(F)c(F)c3)CC1)C2. The zero-order valence-electron chi connectivity index (χ0n) is 17.9. The van der Waals surface area contributed by atoms with Gasteiger partial charge in [0.2, 0.25) is 0 Å². The summed E-state index contributed by atoms with van der Waals surface area (Å²) in [6.07, 6.45) is 1.83. The number of rotatable bonds is 3. The molecule has 7 nitrogen and oxygen atoms in total. The summed E-state index contributed by atoms with van der Waals surface area (Å²) >= 11 is 0. The average Bonchev–Trinajstić information content (AvgIpc) is 3.05. The van der Waals surface area contributed by atoms with Crippen LogP contribution in [0.4, 0.5) is 8.78 Å². The highest BCUT2D eigenvalue weighted by atomic mass is 19.2. The third-order valence-electron chi connectivity index (χ3n) is 6.05. The number of carbonyl (C=O) groups is 2. The molecular formula is C22H26F2N4O3. The molecule has 0 radical (unpaired) electrons. The van der Waals surface area contributed by atoms with Gasteiger partial charge in [0.05, 0.1) is 12.2 Å². The molecule has 9 heteroatoms. The van der Waals surface area contributed by atoms with E-state index in [9.17, 15) is 18.4 Å². The van der Waals surface area contributed by atoms with Gasteiger partial charge in [-0.15, -0.1) is 0 Å². The first-order valence-electron chi connectivity index (χ1n) is 10.4. The Morgan fingerprint density at radius 2 is 1.90 bits per heavy atom. The van der Waals surface area contributed by atoms with Gasteiger partial charge in [0.25, 0.3) is 11.8 Å². The second-order valence-corrected chi connectivity index (χ2v) is 8.60. The van der Waals surface area contributed by atoms with E-state index in [1.165, 1.54) is 6.07 Å². The Morgan fingerprint density at radius 3 is 2.55 bits per heavy atom. The molecule has 2 aliphatic rings. The quantitative estimate of drug-likeness (QED) is 0.809. The molecule has 1 saturated heterocycles. The molecule has 0 bridgehead atoms. The van der Waals surface area contributed by atoms with Gasteiger partial charge in [-0.2, -0.15) is 5.10 Å². The van der Waals surface area contributed by atoms with Gasteiger partial charge in [-0.05, 0) is 44.9 Å². The van der Waals surface area contributed by atoms with E-state index in [2.05, 4.69) is 10.4 Å². The number of hydrogen-bond donors (Lipinski definition) is 1. The zero-order chi connectivity index (χ0) is 22.3. The second-order valence-electron chi connectivity index (χ2n) is 8.60.